The van der Waals surface area contributed by atoms with Crippen molar-refractivity contribution in [2.24, 2.45) is 0 Å². The fourth-order valence-electron chi connectivity index (χ4n) is 3.66. The second kappa shape index (κ2) is 10.3. The smallest absolute Gasteiger partial charge is 0.258 e. The van der Waals surface area contributed by atoms with Crippen molar-refractivity contribution in [3.8, 4) is 5.75 Å². The summed E-state index contributed by atoms with van der Waals surface area (Å²) in [5, 5.41) is 1.85. The van der Waals surface area contributed by atoms with Crippen molar-refractivity contribution in [2.75, 3.05) is 39.0 Å². The third-order valence-electron chi connectivity index (χ3n) is 5.34. The molecule has 0 unspecified atom stereocenters. The molecule has 4 rings (SSSR count). The van der Waals surface area contributed by atoms with Crippen molar-refractivity contribution in [1.29, 1.82) is 0 Å². The van der Waals surface area contributed by atoms with Gasteiger partial charge in [-0.2, -0.15) is 0 Å². The van der Waals surface area contributed by atoms with Gasteiger partial charge in [-0.15, -0.1) is 23.1 Å². The van der Waals surface area contributed by atoms with Crippen LogP contribution in [0.25, 0.3) is 4.96 Å². The van der Waals surface area contributed by atoms with Crippen molar-refractivity contribution in [2.45, 2.75) is 18.7 Å². The highest BCUT2D eigenvalue weighted by molar-refractivity contribution is 7.99. The third kappa shape index (κ3) is 5.66. The molecule has 1 aliphatic heterocycles. The highest BCUT2D eigenvalue weighted by Crippen LogP contribution is 2.16. The molecule has 164 valence electrons. The molecular formula is C22H26N4O3S2. The molecule has 1 fully saturated rings. The van der Waals surface area contributed by atoms with Crippen LogP contribution in [0.5, 0.6) is 5.75 Å². The van der Waals surface area contributed by atoms with Gasteiger partial charge in [0.25, 0.3) is 5.56 Å². The fraction of sp³-hybridized carbons (Fsp3) is 0.409. The molecule has 9 heteroatoms. The minimum absolute atomic E-state index is 0.0716. The molecule has 0 bridgehead atoms. The molecule has 2 aromatic heterocycles. The summed E-state index contributed by atoms with van der Waals surface area (Å²) in [5.41, 5.74) is 1.91. The van der Waals surface area contributed by atoms with E-state index in [0.717, 1.165) is 50.6 Å². The Kier molecular flexibility index (Phi) is 7.26. The molecule has 7 nitrogen and oxygen atoms in total. The molecule has 1 saturated heterocycles. The maximum absolute atomic E-state index is 12.7. The number of carbonyl (C=O) groups excluding carboxylic acids is 1. The first kappa shape index (κ1) is 21.9. The molecule has 0 N–H and O–H groups in total. The Hall–Kier alpha value is -2.36. The molecule has 0 atom stereocenters. The number of thiazole rings is 1. The second-order valence-corrected chi connectivity index (χ2v) is 9.35. The zero-order valence-corrected chi connectivity index (χ0v) is 19.2. The maximum Gasteiger partial charge on any atom is 0.258 e. The van der Waals surface area contributed by atoms with Crippen molar-refractivity contribution in [3.63, 3.8) is 0 Å². The zero-order valence-electron chi connectivity index (χ0n) is 17.5. The van der Waals surface area contributed by atoms with Crippen LogP contribution in [-0.2, 0) is 17.1 Å². The molecule has 1 amide bonds. The maximum atomic E-state index is 12.7. The van der Waals surface area contributed by atoms with E-state index in [0.29, 0.717) is 16.5 Å². The Balaban J connectivity index is 1.24. The average Bonchev–Trinajstić information content (AvgIpc) is 3.13. The van der Waals surface area contributed by atoms with E-state index in [9.17, 15) is 9.59 Å². The summed E-state index contributed by atoms with van der Waals surface area (Å²) in [6.45, 7) is 4.27. The van der Waals surface area contributed by atoms with E-state index >= 15 is 0 Å². The van der Waals surface area contributed by atoms with Gasteiger partial charge in [0.15, 0.2) is 4.96 Å². The molecule has 3 aromatic rings. The number of aromatic nitrogens is 2. The van der Waals surface area contributed by atoms with E-state index in [2.05, 4.69) is 22.0 Å². The van der Waals surface area contributed by atoms with Crippen LogP contribution in [0.15, 0.2) is 46.7 Å². The van der Waals surface area contributed by atoms with E-state index in [-0.39, 0.29) is 11.5 Å². The minimum atomic E-state index is -0.0716. The molecule has 0 radical (unpaired) electrons. The van der Waals surface area contributed by atoms with E-state index < -0.39 is 0 Å². The van der Waals surface area contributed by atoms with Crippen LogP contribution >= 0.6 is 23.1 Å². The van der Waals surface area contributed by atoms with Crippen molar-refractivity contribution >= 4 is 34.0 Å². The predicted octanol–water partition coefficient (Wildman–Crippen LogP) is 2.73. The summed E-state index contributed by atoms with van der Waals surface area (Å²) < 4.78 is 6.76. The molecule has 0 aliphatic carbocycles. The topological polar surface area (TPSA) is 67.2 Å². The lowest BCUT2D eigenvalue weighted by atomic mass is 10.2. The van der Waals surface area contributed by atoms with Crippen LogP contribution in [0.4, 0.5) is 0 Å². The molecular weight excluding hydrogens is 432 g/mol. The molecule has 0 saturated carbocycles. The van der Waals surface area contributed by atoms with E-state index in [4.69, 9.17) is 4.74 Å². The minimum Gasteiger partial charge on any atom is -0.497 e. The first-order valence-electron chi connectivity index (χ1n) is 10.3. The van der Waals surface area contributed by atoms with Crippen molar-refractivity contribution in [1.82, 2.24) is 19.2 Å². The Labute approximate surface area is 189 Å². The molecule has 31 heavy (non-hydrogen) atoms. The Morgan fingerprint density at radius 1 is 1.19 bits per heavy atom. The first-order chi connectivity index (χ1) is 15.1. The number of carbonyl (C=O) groups is 1. The standard InChI is InChI=1S/C22H26N4O3S2/c1-29-19-5-3-17(4-6-19)14-24-7-2-8-25(10-9-24)21(28)16-30-15-18-13-20(27)26-11-12-31-22(26)23-18/h3-6,11-13H,2,7-10,14-16H2,1H3. The average molecular weight is 459 g/mol. The predicted molar refractivity (Wildman–Crippen MR) is 125 cm³/mol. The first-order valence-corrected chi connectivity index (χ1v) is 12.3. The van der Waals surface area contributed by atoms with E-state index in [1.807, 2.05) is 22.4 Å². The number of ether oxygens (including phenoxy) is 1. The zero-order chi connectivity index (χ0) is 21.6. The summed E-state index contributed by atoms with van der Waals surface area (Å²) in [5.74, 6) is 1.99. The number of fused-ring (bicyclic) bond motifs is 1. The number of hydrogen-bond donors (Lipinski definition) is 0. The fourth-order valence-corrected chi connectivity index (χ4v) is 5.22. The number of thioether (sulfide) groups is 1. The van der Waals surface area contributed by atoms with Gasteiger partial charge in [-0.25, -0.2) is 4.98 Å². The summed E-state index contributed by atoms with van der Waals surface area (Å²) in [6, 6.07) is 9.72. The largest absolute Gasteiger partial charge is 0.497 e. The Bertz CT molecular complexity index is 1080. The van der Waals surface area contributed by atoms with Gasteiger partial charge in [0.2, 0.25) is 5.91 Å². The molecule has 1 aromatic carbocycles. The lowest BCUT2D eigenvalue weighted by molar-refractivity contribution is -0.128. The second-order valence-electron chi connectivity index (χ2n) is 7.49. The quantitative estimate of drug-likeness (QED) is 0.542. The third-order valence-corrected chi connectivity index (χ3v) is 7.05. The van der Waals surface area contributed by atoms with Crippen molar-refractivity contribution in [3.05, 3.63) is 63.5 Å². The summed E-state index contributed by atoms with van der Waals surface area (Å²) in [6.07, 6.45) is 2.70. The summed E-state index contributed by atoms with van der Waals surface area (Å²) in [7, 11) is 1.67. The molecule has 3 heterocycles. The van der Waals surface area contributed by atoms with Gasteiger partial charge in [0.1, 0.15) is 5.75 Å². The Morgan fingerprint density at radius 2 is 2.03 bits per heavy atom. The lowest BCUT2D eigenvalue weighted by Crippen LogP contribution is -2.36. The van der Waals surface area contributed by atoms with Crippen LogP contribution in [0.2, 0.25) is 0 Å². The molecule has 1 aliphatic rings. The van der Waals surface area contributed by atoms with E-state index in [1.165, 1.54) is 28.7 Å². The van der Waals surface area contributed by atoms with Gasteiger partial charge >= 0.3 is 0 Å². The van der Waals surface area contributed by atoms with Crippen LogP contribution in [0.1, 0.15) is 17.7 Å². The van der Waals surface area contributed by atoms with Crippen LogP contribution in [-0.4, -0.2) is 64.1 Å². The van der Waals surface area contributed by atoms with Gasteiger partial charge in [-0.05, 0) is 24.1 Å². The van der Waals surface area contributed by atoms with Crippen LogP contribution < -0.4 is 10.3 Å². The summed E-state index contributed by atoms with van der Waals surface area (Å²) >= 11 is 2.96. The van der Waals surface area contributed by atoms with Gasteiger partial charge in [-0.1, -0.05) is 12.1 Å². The lowest BCUT2D eigenvalue weighted by Gasteiger charge is -2.22. The number of nitrogens with zero attached hydrogens (tertiary/aromatic N) is 4. The number of hydrogen-bond acceptors (Lipinski definition) is 7. The summed E-state index contributed by atoms with van der Waals surface area (Å²) in [4.78, 5) is 34.3. The van der Waals surface area contributed by atoms with Gasteiger partial charge in [-0.3, -0.25) is 18.9 Å². The van der Waals surface area contributed by atoms with Gasteiger partial charge in [0.05, 0.1) is 18.6 Å². The number of amides is 1. The number of rotatable bonds is 7. The van der Waals surface area contributed by atoms with Gasteiger partial charge < -0.3 is 9.64 Å². The monoisotopic (exact) mass is 458 g/mol. The Morgan fingerprint density at radius 3 is 2.84 bits per heavy atom. The number of benzene rings is 1. The molecule has 0 spiro atoms. The van der Waals surface area contributed by atoms with Crippen LogP contribution in [0.3, 0.4) is 0 Å². The van der Waals surface area contributed by atoms with Crippen LogP contribution in [0, 0.1) is 0 Å². The highest BCUT2D eigenvalue weighted by Gasteiger charge is 2.19. The van der Waals surface area contributed by atoms with E-state index in [1.54, 1.807) is 23.8 Å². The normalized spacial score (nSPS) is 15.2. The number of methoxy groups -OCH3 is 1. The highest BCUT2D eigenvalue weighted by atomic mass is 32.2. The SMILES string of the molecule is COc1ccc(CN2CCCN(C(=O)CSCc3cc(=O)n4ccsc4n3)CC2)cc1. The van der Waals surface area contributed by atoms with Gasteiger partial charge in [0, 0.05) is 56.1 Å². The van der Waals surface area contributed by atoms with Crippen molar-refractivity contribution < 1.29 is 9.53 Å².